The molecule has 6 heteroatoms. The quantitative estimate of drug-likeness (QED) is 0.347. The molecule has 0 amide bonds. The molecule has 0 aromatic carbocycles. The molecular weight excluding hydrogens is 516 g/mol. The summed E-state index contributed by atoms with van der Waals surface area (Å²) in [6.45, 7) is 0. The summed E-state index contributed by atoms with van der Waals surface area (Å²) in [4.78, 5) is 0. The fourth-order valence-corrected chi connectivity index (χ4v) is 24.3. The molecule has 0 saturated carbocycles. The number of hydrogen-bond donors (Lipinski definition) is 0. The van der Waals surface area contributed by atoms with Gasteiger partial charge in [-0.2, -0.15) is 0 Å². The van der Waals surface area contributed by atoms with Crippen molar-refractivity contribution in [3.8, 4) is 0 Å². The molecule has 0 radical (unpaired) electrons. The summed E-state index contributed by atoms with van der Waals surface area (Å²) in [5.41, 5.74) is 0. The van der Waals surface area contributed by atoms with E-state index < -0.39 is 0 Å². The molecule has 3 heterocycles. The third kappa shape index (κ3) is 5.70. The predicted molar refractivity (Wildman–Crippen MR) is 91.0 cm³/mol. The fraction of sp³-hybridized carbons (Fsp3) is 1.00. The van der Waals surface area contributed by atoms with Crippen LogP contribution in [0.3, 0.4) is 0 Å². The molecule has 17 heavy (non-hydrogen) atoms. The van der Waals surface area contributed by atoms with Gasteiger partial charge in [-0.15, -0.1) is 0 Å². The topological polar surface area (TPSA) is 0 Å². The number of thioether (sulfide) groups is 4. The average molecular weight is 534 g/mol. The van der Waals surface area contributed by atoms with Gasteiger partial charge < -0.3 is 0 Å². The van der Waals surface area contributed by atoms with Gasteiger partial charge in [-0.05, 0) is 0 Å². The Labute approximate surface area is 142 Å². The van der Waals surface area contributed by atoms with Gasteiger partial charge in [0.1, 0.15) is 0 Å². The Kier molecular flexibility index (Phi) is 6.87. The Morgan fingerprint density at radius 1 is 0.824 bits per heavy atom. The minimum absolute atomic E-state index is 0.443. The van der Waals surface area contributed by atoms with Crippen molar-refractivity contribution < 1.29 is 0 Å². The predicted octanol–water partition coefficient (Wildman–Crippen LogP) is 3.06. The van der Waals surface area contributed by atoms with Crippen LogP contribution in [0.15, 0.2) is 0 Å². The van der Waals surface area contributed by atoms with E-state index in [1.165, 1.54) is 30.9 Å². The van der Waals surface area contributed by atoms with Crippen molar-refractivity contribution in [1.82, 2.24) is 0 Å². The van der Waals surface area contributed by atoms with Crippen LogP contribution in [0.5, 0.6) is 0 Å². The molecule has 0 nitrogen and oxygen atoms in total. The summed E-state index contributed by atoms with van der Waals surface area (Å²) in [5, 5.41) is 2.11. The first-order valence-electron chi connectivity index (χ1n) is 6.04. The van der Waals surface area contributed by atoms with Crippen LogP contribution in [-0.4, -0.2) is 86.9 Å². The standard InChI is InChI=1S/C11H18S4Te2/c1(8-3-14-8)12-5-10-11(17-7-16-10)6-13-2-9-4-15-9/h8-11H,1-7H2. The van der Waals surface area contributed by atoms with Crippen molar-refractivity contribution in [2.24, 2.45) is 0 Å². The van der Waals surface area contributed by atoms with Gasteiger partial charge in [0.15, 0.2) is 0 Å². The average Bonchev–Trinajstić information content (AvgIpc) is 3.22. The maximum absolute atomic E-state index is 2.30. The summed E-state index contributed by atoms with van der Waals surface area (Å²) < 4.78 is 4.26. The molecule has 98 valence electrons. The summed E-state index contributed by atoms with van der Waals surface area (Å²) in [7, 11) is 0. The Balaban J connectivity index is 1.30. The van der Waals surface area contributed by atoms with Crippen molar-refractivity contribution in [2.45, 2.75) is 20.9 Å². The monoisotopic (exact) mass is 538 g/mol. The molecule has 4 unspecified atom stereocenters. The first kappa shape index (κ1) is 14.9. The van der Waals surface area contributed by atoms with Crippen LogP contribution >= 0.6 is 47.0 Å². The van der Waals surface area contributed by atoms with E-state index in [1.807, 2.05) is 0 Å². The summed E-state index contributed by atoms with van der Waals surface area (Å²) >= 11 is 9.81. The van der Waals surface area contributed by atoms with Gasteiger partial charge in [-0.1, -0.05) is 0 Å². The molecular formula is C11H18S4Te2. The van der Waals surface area contributed by atoms with Crippen LogP contribution in [0.2, 0.25) is 10.4 Å². The third-order valence-electron chi connectivity index (χ3n) is 2.96. The number of hydrogen-bond acceptors (Lipinski definition) is 4. The van der Waals surface area contributed by atoms with Crippen molar-refractivity contribution in [1.29, 1.82) is 0 Å². The molecule has 0 aromatic heterocycles. The molecule has 3 rings (SSSR count). The van der Waals surface area contributed by atoms with Gasteiger partial charge in [-0.25, -0.2) is 0 Å². The Hall–Kier alpha value is 2.98. The third-order valence-corrected chi connectivity index (χ3v) is 22.0. The van der Waals surface area contributed by atoms with Crippen LogP contribution in [0.1, 0.15) is 0 Å². The molecule has 0 spiro atoms. The molecule has 0 aromatic rings. The van der Waals surface area contributed by atoms with Gasteiger partial charge >= 0.3 is 144 Å². The van der Waals surface area contributed by atoms with E-state index in [0.717, 1.165) is 10.5 Å². The zero-order valence-corrected chi connectivity index (χ0v) is 17.6. The van der Waals surface area contributed by atoms with Gasteiger partial charge in [-0.3, -0.25) is 0 Å². The Morgan fingerprint density at radius 3 is 1.71 bits per heavy atom. The maximum atomic E-state index is 2.30. The molecule has 0 aliphatic carbocycles. The second-order valence-corrected chi connectivity index (χ2v) is 19.9. The van der Waals surface area contributed by atoms with E-state index in [0.29, 0.717) is 41.8 Å². The van der Waals surface area contributed by atoms with E-state index in [4.69, 9.17) is 0 Å². The SMILES string of the molecule is C1[Te]C(CSCC2CS2)C(CSCC2CS2)[Te]1. The van der Waals surface area contributed by atoms with Crippen molar-refractivity contribution in [3.63, 3.8) is 0 Å². The zero-order chi connectivity index (χ0) is 11.5. The van der Waals surface area contributed by atoms with Crippen molar-refractivity contribution >= 4 is 88.9 Å². The van der Waals surface area contributed by atoms with Crippen molar-refractivity contribution in [3.05, 3.63) is 0 Å². The van der Waals surface area contributed by atoms with Crippen LogP contribution in [0.4, 0.5) is 0 Å². The molecule has 3 fully saturated rings. The first-order chi connectivity index (χ1) is 8.42. The molecule has 3 saturated heterocycles. The van der Waals surface area contributed by atoms with E-state index in [2.05, 4.69) is 47.0 Å². The number of rotatable bonds is 8. The first-order valence-corrected chi connectivity index (χ1v) is 16.4. The van der Waals surface area contributed by atoms with Gasteiger partial charge in [0, 0.05) is 0 Å². The summed E-state index contributed by atoms with van der Waals surface area (Å²) in [6.07, 6.45) is 0. The minimum atomic E-state index is 0.443. The van der Waals surface area contributed by atoms with Gasteiger partial charge in [0.2, 0.25) is 0 Å². The van der Waals surface area contributed by atoms with Crippen LogP contribution in [0, 0.1) is 0 Å². The molecule has 3 aliphatic heterocycles. The van der Waals surface area contributed by atoms with E-state index in [1.54, 1.807) is 14.0 Å². The second kappa shape index (κ2) is 7.84. The summed E-state index contributed by atoms with van der Waals surface area (Å²) in [5.74, 6) is 8.95. The Morgan fingerprint density at radius 2 is 1.29 bits per heavy atom. The van der Waals surface area contributed by atoms with Crippen LogP contribution in [0.25, 0.3) is 0 Å². The van der Waals surface area contributed by atoms with Crippen molar-refractivity contribution in [2.75, 3.05) is 34.5 Å². The fourth-order valence-electron chi connectivity index (χ4n) is 1.70. The molecule has 4 atom stereocenters. The summed E-state index contributed by atoms with van der Waals surface area (Å²) in [6, 6.07) is 0. The van der Waals surface area contributed by atoms with Crippen LogP contribution < -0.4 is 0 Å². The normalized spacial score (nSPS) is 39.5. The van der Waals surface area contributed by atoms with Crippen LogP contribution in [-0.2, 0) is 0 Å². The molecule has 0 N–H and O–H groups in total. The second-order valence-electron chi connectivity index (χ2n) is 4.51. The van der Waals surface area contributed by atoms with E-state index in [9.17, 15) is 0 Å². The van der Waals surface area contributed by atoms with E-state index in [-0.39, 0.29) is 0 Å². The Bertz CT molecular complexity index is 222. The molecule has 3 aliphatic rings. The van der Waals surface area contributed by atoms with E-state index >= 15 is 0 Å². The molecule has 0 bridgehead atoms. The van der Waals surface area contributed by atoms with Gasteiger partial charge in [0.05, 0.1) is 0 Å². The van der Waals surface area contributed by atoms with Gasteiger partial charge in [0.25, 0.3) is 0 Å². The zero-order valence-electron chi connectivity index (χ0n) is 9.71.